The molecule has 0 spiro atoms. The van der Waals surface area contributed by atoms with Gasteiger partial charge in [0.2, 0.25) is 0 Å². The zero-order valence-corrected chi connectivity index (χ0v) is 24.1. The molecule has 2 fully saturated rings. The molecule has 0 saturated carbocycles. The maximum atomic E-state index is 13.6. The van der Waals surface area contributed by atoms with E-state index in [2.05, 4.69) is 20.9 Å². The van der Waals surface area contributed by atoms with Gasteiger partial charge >= 0.3 is 6.09 Å². The summed E-state index contributed by atoms with van der Waals surface area (Å²) in [5.74, 6) is 1.47. The van der Waals surface area contributed by atoms with Crippen LogP contribution in [0.25, 0.3) is 20.8 Å². The van der Waals surface area contributed by atoms with Crippen molar-refractivity contribution in [2.75, 3.05) is 37.8 Å². The predicted octanol–water partition coefficient (Wildman–Crippen LogP) is 5.32. The standard InChI is InChI=1S/C27H36N6O3S2/c1-27(2,3)36-26(35)32-13-7-8-18(16-32)28-23-21(25-29-19-9-5-6-10-20(19)38-25)24(34)31-22(30-23)17-11-14-33(37-4)15-12-17/h5-6,9-10,17-18H,7-8,11-16H2,1-4H3,(H2,28,30,31,34). The summed E-state index contributed by atoms with van der Waals surface area (Å²) in [5.41, 5.74) is 0.599. The van der Waals surface area contributed by atoms with Crippen molar-refractivity contribution < 1.29 is 9.53 Å². The number of hydrogen-bond acceptors (Lipinski definition) is 9. The number of ether oxygens (including phenoxy) is 1. The monoisotopic (exact) mass is 556 g/mol. The number of hydrogen-bond donors (Lipinski definition) is 2. The largest absolute Gasteiger partial charge is 0.444 e. The minimum absolute atomic E-state index is 0.0510. The maximum Gasteiger partial charge on any atom is 0.410 e. The molecular formula is C27H36N6O3S2. The van der Waals surface area contributed by atoms with Gasteiger partial charge in [0, 0.05) is 38.1 Å². The van der Waals surface area contributed by atoms with Crippen molar-refractivity contribution in [3.05, 3.63) is 40.4 Å². The highest BCUT2D eigenvalue weighted by atomic mass is 32.2. The van der Waals surface area contributed by atoms with E-state index in [-0.39, 0.29) is 23.6 Å². The van der Waals surface area contributed by atoms with Gasteiger partial charge in [0.1, 0.15) is 27.8 Å². The van der Waals surface area contributed by atoms with E-state index in [0.29, 0.717) is 29.5 Å². The van der Waals surface area contributed by atoms with Crippen LogP contribution in [0.5, 0.6) is 0 Å². The number of fused-ring (bicyclic) bond motifs is 1. The predicted molar refractivity (Wildman–Crippen MR) is 155 cm³/mol. The summed E-state index contributed by atoms with van der Waals surface area (Å²) in [6, 6.07) is 7.84. The highest BCUT2D eigenvalue weighted by Crippen LogP contribution is 2.34. The fourth-order valence-corrected chi connectivity index (χ4v) is 6.64. The van der Waals surface area contributed by atoms with Gasteiger partial charge in [0.05, 0.1) is 10.2 Å². The molecule has 0 aliphatic carbocycles. The van der Waals surface area contributed by atoms with E-state index in [9.17, 15) is 9.59 Å². The van der Waals surface area contributed by atoms with Gasteiger partial charge in [-0.25, -0.2) is 14.8 Å². The Bertz CT molecular complexity index is 1310. The third-order valence-corrected chi connectivity index (χ3v) is 8.89. The van der Waals surface area contributed by atoms with Gasteiger partial charge in [-0.05, 0) is 64.8 Å². The Balaban J connectivity index is 1.46. The first-order valence-corrected chi connectivity index (χ1v) is 15.2. The van der Waals surface area contributed by atoms with Crippen molar-refractivity contribution in [2.45, 2.75) is 64.0 Å². The molecular weight excluding hydrogens is 520 g/mol. The Labute approximate surface area is 231 Å². The van der Waals surface area contributed by atoms with Gasteiger partial charge in [-0.1, -0.05) is 24.1 Å². The van der Waals surface area contributed by atoms with Crippen molar-refractivity contribution in [1.82, 2.24) is 24.2 Å². The molecule has 2 aliphatic rings. The van der Waals surface area contributed by atoms with Crippen LogP contribution in [-0.4, -0.2) is 74.3 Å². The number of carbonyl (C=O) groups excluding carboxylic acids is 1. The lowest BCUT2D eigenvalue weighted by Gasteiger charge is -2.35. The number of nitrogens with zero attached hydrogens (tertiary/aromatic N) is 4. The van der Waals surface area contributed by atoms with E-state index < -0.39 is 5.60 Å². The van der Waals surface area contributed by atoms with Crippen LogP contribution in [-0.2, 0) is 4.74 Å². The van der Waals surface area contributed by atoms with Crippen molar-refractivity contribution in [3.63, 3.8) is 0 Å². The fraction of sp³-hybridized carbons (Fsp3) is 0.556. The number of aromatic amines is 1. The highest BCUT2D eigenvalue weighted by Gasteiger charge is 2.30. The van der Waals surface area contributed by atoms with E-state index >= 15 is 0 Å². The lowest BCUT2D eigenvalue weighted by atomic mass is 9.97. The van der Waals surface area contributed by atoms with E-state index in [1.807, 2.05) is 45.0 Å². The van der Waals surface area contributed by atoms with Crippen molar-refractivity contribution >= 4 is 45.4 Å². The number of anilines is 1. The van der Waals surface area contributed by atoms with Gasteiger partial charge in [-0.2, -0.15) is 0 Å². The van der Waals surface area contributed by atoms with E-state index in [1.54, 1.807) is 16.8 Å². The molecule has 1 aromatic carbocycles. The first-order valence-electron chi connectivity index (χ1n) is 13.2. The van der Waals surface area contributed by atoms with Crippen LogP contribution in [0.15, 0.2) is 29.1 Å². The fourth-order valence-electron chi connectivity index (χ4n) is 5.06. The number of carbonyl (C=O) groups is 1. The van der Waals surface area contributed by atoms with Crippen LogP contribution in [0.4, 0.5) is 10.6 Å². The number of amides is 1. The first-order chi connectivity index (χ1) is 18.2. The normalized spacial score (nSPS) is 19.6. The molecule has 3 aromatic rings. The molecule has 0 bridgehead atoms. The van der Waals surface area contributed by atoms with Gasteiger partial charge in [-0.3, -0.25) is 9.10 Å². The SMILES string of the molecule is CSN1CCC(c2nc(NC3CCCN(C(=O)OC(C)(C)C)C3)c(-c3nc4ccccc4s3)c(=O)[nH]2)CC1. The Hall–Kier alpha value is -2.63. The number of aromatic nitrogens is 3. The minimum Gasteiger partial charge on any atom is -0.444 e. The zero-order valence-electron chi connectivity index (χ0n) is 22.5. The van der Waals surface area contributed by atoms with Gasteiger partial charge in [-0.15, -0.1) is 11.3 Å². The molecule has 1 atom stereocenters. The van der Waals surface area contributed by atoms with E-state index in [1.165, 1.54) is 11.3 Å². The summed E-state index contributed by atoms with van der Waals surface area (Å²) in [6.07, 6.45) is 5.39. The number of para-hydroxylation sites is 1. The summed E-state index contributed by atoms with van der Waals surface area (Å²) in [6.45, 7) is 8.70. The van der Waals surface area contributed by atoms with Gasteiger partial charge < -0.3 is 19.9 Å². The molecule has 1 unspecified atom stereocenters. The molecule has 38 heavy (non-hydrogen) atoms. The van der Waals surface area contributed by atoms with Crippen LogP contribution in [0.3, 0.4) is 0 Å². The number of thiazole rings is 1. The molecule has 4 heterocycles. The topological polar surface area (TPSA) is 103 Å². The number of benzene rings is 1. The maximum absolute atomic E-state index is 13.6. The Morgan fingerprint density at radius 3 is 2.63 bits per heavy atom. The van der Waals surface area contributed by atoms with Crippen molar-refractivity contribution in [1.29, 1.82) is 0 Å². The molecule has 2 saturated heterocycles. The molecule has 2 aromatic heterocycles. The van der Waals surface area contributed by atoms with Gasteiger partial charge in [0.15, 0.2) is 0 Å². The molecule has 11 heteroatoms. The number of likely N-dealkylation sites (tertiary alicyclic amines) is 1. The van der Waals surface area contributed by atoms with Crippen LogP contribution in [0.2, 0.25) is 0 Å². The van der Waals surface area contributed by atoms with E-state index in [4.69, 9.17) is 14.7 Å². The number of nitrogens with one attached hydrogen (secondary N) is 2. The molecule has 2 N–H and O–H groups in total. The Kier molecular flexibility index (Phi) is 7.97. The van der Waals surface area contributed by atoms with Gasteiger partial charge in [0.25, 0.3) is 5.56 Å². The summed E-state index contributed by atoms with van der Waals surface area (Å²) < 4.78 is 8.98. The zero-order chi connectivity index (χ0) is 26.9. The summed E-state index contributed by atoms with van der Waals surface area (Å²) in [5, 5.41) is 4.20. The molecule has 0 radical (unpaired) electrons. The summed E-state index contributed by atoms with van der Waals surface area (Å²) >= 11 is 3.25. The number of rotatable bonds is 5. The van der Waals surface area contributed by atoms with Crippen LogP contribution in [0.1, 0.15) is 58.2 Å². The molecule has 5 rings (SSSR count). The Morgan fingerprint density at radius 2 is 1.92 bits per heavy atom. The molecule has 1 amide bonds. The molecule has 2 aliphatic heterocycles. The average Bonchev–Trinajstić information content (AvgIpc) is 3.31. The highest BCUT2D eigenvalue weighted by molar-refractivity contribution is 7.96. The molecule has 9 nitrogen and oxygen atoms in total. The second-order valence-electron chi connectivity index (χ2n) is 11.0. The lowest BCUT2D eigenvalue weighted by molar-refractivity contribution is 0.0206. The second-order valence-corrected chi connectivity index (χ2v) is 12.9. The average molecular weight is 557 g/mol. The minimum atomic E-state index is -0.549. The number of piperidine rings is 2. The number of H-pyrrole nitrogens is 1. The van der Waals surface area contributed by atoms with E-state index in [0.717, 1.165) is 54.8 Å². The quantitative estimate of drug-likeness (QED) is 0.407. The van der Waals surface area contributed by atoms with Crippen molar-refractivity contribution in [2.24, 2.45) is 0 Å². The van der Waals surface area contributed by atoms with Crippen molar-refractivity contribution in [3.8, 4) is 10.6 Å². The second kappa shape index (κ2) is 11.2. The third-order valence-electron chi connectivity index (χ3n) is 6.96. The molecule has 204 valence electrons. The van der Waals surface area contributed by atoms with Crippen LogP contribution < -0.4 is 10.9 Å². The lowest BCUT2D eigenvalue weighted by Crippen LogP contribution is -2.47. The van der Waals surface area contributed by atoms with Crippen LogP contribution >= 0.6 is 23.3 Å². The first kappa shape index (κ1) is 27.0. The third kappa shape index (κ3) is 6.16. The summed E-state index contributed by atoms with van der Waals surface area (Å²) in [7, 11) is 0. The Morgan fingerprint density at radius 1 is 1.16 bits per heavy atom. The van der Waals surface area contributed by atoms with Crippen LogP contribution in [0, 0.1) is 0 Å². The summed E-state index contributed by atoms with van der Waals surface area (Å²) in [4.78, 5) is 41.0. The smallest absolute Gasteiger partial charge is 0.410 e.